The number of rotatable bonds is 6. The molecule has 0 amide bonds. The van der Waals surface area contributed by atoms with Crippen molar-refractivity contribution in [1.29, 1.82) is 0 Å². The lowest BCUT2D eigenvalue weighted by Gasteiger charge is -2.16. The van der Waals surface area contributed by atoms with Crippen molar-refractivity contribution < 1.29 is 9.53 Å². The summed E-state index contributed by atoms with van der Waals surface area (Å²) in [5.74, 6) is -0.384. The number of benzene rings is 1. The van der Waals surface area contributed by atoms with E-state index in [1.807, 2.05) is 51.1 Å². The van der Waals surface area contributed by atoms with Crippen molar-refractivity contribution in [2.75, 3.05) is 6.61 Å². The Bertz CT molecular complexity index is 976. The van der Waals surface area contributed by atoms with E-state index < -0.39 is 6.04 Å². The average molecular weight is 370 g/mol. The third kappa shape index (κ3) is 3.29. The van der Waals surface area contributed by atoms with E-state index in [4.69, 9.17) is 4.74 Å². The summed E-state index contributed by atoms with van der Waals surface area (Å²) in [7, 11) is 0. The van der Waals surface area contributed by atoms with Gasteiger partial charge >= 0.3 is 5.97 Å². The fraction of sp³-hybridized carbons (Fsp3) is 0.350. The molecule has 0 aliphatic carbocycles. The molecule has 2 heterocycles. The fourth-order valence-corrected chi connectivity index (χ4v) is 4.07. The highest BCUT2D eigenvalue weighted by Gasteiger charge is 2.24. The fourth-order valence-electron chi connectivity index (χ4n) is 3.07. The summed E-state index contributed by atoms with van der Waals surface area (Å²) in [4.78, 5) is 31.8. The molecule has 136 valence electrons. The van der Waals surface area contributed by atoms with E-state index in [0.717, 1.165) is 22.4 Å². The van der Waals surface area contributed by atoms with E-state index in [9.17, 15) is 9.59 Å². The highest BCUT2D eigenvalue weighted by atomic mass is 32.1. The van der Waals surface area contributed by atoms with E-state index >= 15 is 0 Å². The van der Waals surface area contributed by atoms with Crippen LogP contribution in [0.5, 0.6) is 0 Å². The number of hydrogen-bond acceptors (Lipinski definition) is 5. The van der Waals surface area contributed by atoms with Gasteiger partial charge in [-0.3, -0.25) is 9.36 Å². The normalized spacial score (nSPS) is 12.3. The van der Waals surface area contributed by atoms with Crippen LogP contribution in [0.25, 0.3) is 21.3 Å². The Morgan fingerprint density at radius 2 is 2.00 bits per heavy atom. The minimum atomic E-state index is -0.658. The number of aryl methyl sites for hydroxylation is 1. The lowest BCUT2D eigenvalue weighted by molar-refractivity contribution is -0.147. The van der Waals surface area contributed by atoms with Gasteiger partial charge in [0.25, 0.3) is 5.56 Å². The van der Waals surface area contributed by atoms with Crippen LogP contribution in [-0.4, -0.2) is 22.1 Å². The summed E-state index contributed by atoms with van der Waals surface area (Å²) >= 11 is 1.50. The molecule has 3 aromatic rings. The first-order valence-corrected chi connectivity index (χ1v) is 9.62. The van der Waals surface area contributed by atoms with E-state index in [1.165, 1.54) is 22.2 Å². The van der Waals surface area contributed by atoms with Gasteiger partial charge in [0, 0.05) is 10.4 Å². The Labute approximate surface area is 156 Å². The smallest absolute Gasteiger partial charge is 0.329 e. The monoisotopic (exact) mass is 370 g/mol. The van der Waals surface area contributed by atoms with Crippen LogP contribution >= 0.6 is 11.3 Å². The third-order valence-corrected chi connectivity index (χ3v) is 5.33. The molecule has 5 nitrogen and oxygen atoms in total. The maximum Gasteiger partial charge on any atom is 0.329 e. The summed E-state index contributed by atoms with van der Waals surface area (Å²) in [6, 6.07) is 9.15. The molecule has 0 radical (unpaired) electrons. The standard InChI is InChI=1S/C20H22N2O3S/c1-4-11-25-20(24)15(5-2)22-12-21-18-17(19(22)23)16(13(3)26-18)14-9-7-6-8-10-14/h6-10,12,15H,4-5,11H2,1-3H3/t15-/m0/s1. The molecule has 0 N–H and O–H groups in total. The first-order valence-electron chi connectivity index (χ1n) is 8.80. The number of carbonyl (C=O) groups is 1. The van der Waals surface area contributed by atoms with Crippen LogP contribution in [0, 0.1) is 6.92 Å². The number of fused-ring (bicyclic) bond motifs is 1. The van der Waals surface area contributed by atoms with Gasteiger partial charge in [-0.2, -0.15) is 0 Å². The minimum absolute atomic E-state index is 0.196. The first kappa shape index (κ1) is 18.3. The number of hydrogen-bond donors (Lipinski definition) is 0. The molecule has 0 fully saturated rings. The number of thiophene rings is 1. The molecule has 0 bridgehead atoms. The molecule has 0 aliphatic rings. The van der Waals surface area contributed by atoms with Crippen LogP contribution < -0.4 is 5.56 Å². The third-order valence-electron chi connectivity index (χ3n) is 4.32. The second kappa shape index (κ2) is 7.83. The predicted octanol–water partition coefficient (Wildman–Crippen LogP) is 4.34. The zero-order valence-electron chi connectivity index (χ0n) is 15.2. The predicted molar refractivity (Wildman–Crippen MR) is 105 cm³/mol. The molecule has 2 aromatic heterocycles. The lowest BCUT2D eigenvalue weighted by atomic mass is 10.0. The van der Waals surface area contributed by atoms with Crippen LogP contribution in [0.3, 0.4) is 0 Å². The van der Waals surface area contributed by atoms with Gasteiger partial charge in [0.1, 0.15) is 10.9 Å². The molecule has 0 spiro atoms. The van der Waals surface area contributed by atoms with Gasteiger partial charge in [-0.05, 0) is 25.3 Å². The van der Waals surface area contributed by atoms with E-state index in [2.05, 4.69) is 4.98 Å². The summed E-state index contributed by atoms with van der Waals surface area (Å²) in [6.45, 7) is 6.15. The van der Waals surface area contributed by atoms with E-state index in [-0.39, 0.29) is 11.5 Å². The van der Waals surface area contributed by atoms with Gasteiger partial charge in [0.2, 0.25) is 0 Å². The van der Waals surface area contributed by atoms with Gasteiger partial charge in [-0.1, -0.05) is 44.2 Å². The first-order chi connectivity index (χ1) is 12.6. The Balaban J connectivity index is 2.16. The number of aromatic nitrogens is 2. The SMILES string of the molecule is CCCOC(=O)[C@H](CC)n1cnc2sc(C)c(-c3ccccc3)c2c1=O. The molecule has 3 rings (SSSR count). The van der Waals surface area contributed by atoms with Crippen LogP contribution in [0.2, 0.25) is 0 Å². The van der Waals surface area contributed by atoms with E-state index in [1.54, 1.807) is 0 Å². The van der Waals surface area contributed by atoms with Crippen molar-refractivity contribution in [3.63, 3.8) is 0 Å². The second-order valence-corrected chi connectivity index (χ2v) is 7.33. The summed E-state index contributed by atoms with van der Waals surface area (Å²) in [6.07, 6.45) is 2.69. The highest BCUT2D eigenvalue weighted by Crippen LogP contribution is 2.35. The minimum Gasteiger partial charge on any atom is -0.464 e. The summed E-state index contributed by atoms with van der Waals surface area (Å²) in [5, 5.41) is 0.572. The molecule has 26 heavy (non-hydrogen) atoms. The van der Waals surface area contributed by atoms with Gasteiger partial charge < -0.3 is 4.74 Å². The molecular formula is C20H22N2O3S. The maximum atomic E-state index is 13.2. The molecular weight excluding hydrogens is 348 g/mol. The molecule has 0 saturated carbocycles. The van der Waals surface area contributed by atoms with Crippen molar-refractivity contribution in [1.82, 2.24) is 9.55 Å². The average Bonchev–Trinajstić information content (AvgIpc) is 3.00. The van der Waals surface area contributed by atoms with Crippen molar-refractivity contribution in [2.24, 2.45) is 0 Å². The highest BCUT2D eigenvalue weighted by molar-refractivity contribution is 7.19. The largest absolute Gasteiger partial charge is 0.464 e. The van der Waals surface area contributed by atoms with Crippen LogP contribution in [-0.2, 0) is 9.53 Å². The summed E-state index contributed by atoms with van der Waals surface area (Å²) in [5.41, 5.74) is 1.68. The molecule has 0 aliphatic heterocycles. The van der Waals surface area contributed by atoms with Gasteiger partial charge in [-0.15, -0.1) is 11.3 Å². The van der Waals surface area contributed by atoms with Crippen molar-refractivity contribution in [2.45, 2.75) is 39.7 Å². The topological polar surface area (TPSA) is 61.2 Å². The van der Waals surface area contributed by atoms with E-state index in [0.29, 0.717) is 23.2 Å². The van der Waals surface area contributed by atoms with Crippen molar-refractivity contribution >= 4 is 27.5 Å². The Hall–Kier alpha value is -2.47. The molecule has 6 heteroatoms. The molecule has 1 aromatic carbocycles. The zero-order chi connectivity index (χ0) is 18.7. The Morgan fingerprint density at radius 3 is 2.65 bits per heavy atom. The Kier molecular flexibility index (Phi) is 5.52. The lowest BCUT2D eigenvalue weighted by Crippen LogP contribution is -2.31. The molecule has 0 saturated heterocycles. The van der Waals surface area contributed by atoms with Gasteiger partial charge in [0.15, 0.2) is 0 Å². The number of ether oxygens (including phenoxy) is 1. The van der Waals surface area contributed by atoms with Crippen molar-refractivity contribution in [3.8, 4) is 11.1 Å². The quantitative estimate of drug-likeness (QED) is 0.606. The maximum absolute atomic E-state index is 13.2. The number of nitrogens with zero attached hydrogens (tertiary/aromatic N) is 2. The Morgan fingerprint density at radius 1 is 1.27 bits per heavy atom. The second-order valence-electron chi connectivity index (χ2n) is 6.13. The number of esters is 1. The van der Waals surface area contributed by atoms with Crippen LogP contribution in [0.15, 0.2) is 41.5 Å². The molecule has 0 unspecified atom stereocenters. The number of carbonyl (C=O) groups excluding carboxylic acids is 1. The summed E-state index contributed by atoms with van der Waals surface area (Å²) < 4.78 is 6.68. The zero-order valence-corrected chi connectivity index (χ0v) is 16.0. The molecule has 1 atom stereocenters. The van der Waals surface area contributed by atoms with Gasteiger partial charge in [-0.25, -0.2) is 9.78 Å². The van der Waals surface area contributed by atoms with Gasteiger partial charge in [0.05, 0.1) is 18.3 Å². The van der Waals surface area contributed by atoms with Crippen molar-refractivity contribution in [3.05, 3.63) is 51.9 Å². The van der Waals surface area contributed by atoms with Crippen LogP contribution in [0.1, 0.15) is 37.6 Å². The van der Waals surface area contributed by atoms with Crippen LogP contribution in [0.4, 0.5) is 0 Å².